The third kappa shape index (κ3) is 2.12. The van der Waals surface area contributed by atoms with E-state index in [0.717, 1.165) is 18.5 Å². The van der Waals surface area contributed by atoms with Gasteiger partial charge in [-0.1, -0.05) is 48.5 Å². The number of fused-ring (bicyclic) bond motifs is 1. The number of benzene rings is 2. The average molecular weight is 239 g/mol. The average Bonchev–Trinajstić information content (AvgIpc) is 2.83. The molecular weight excluding hydrogens is 222 g/mol. The number of hydrogen-bond donors (Lipinski definition) is 1. The number of hydrogen-bond acceptors (Lipinski definition) is 2. The molecule has 1 heterocycles. The first kappa shape index (κ1) is 11.3. The van der Waals surface area contributed by atoms with Crippen molar-refractivity contribution in [3.05, 3.63) is 65.7 Å². The predicted molar refractivity (Wildman–Crippen MR) is 73.8 cm³/mol. The SMILES string of the molecule is OC(CN1CCc2ccccc21)c1ccccc1. The molecule has 2 nitrogen and oxygen atoms in total. The Morgan fingerprint density at radius 2 is 1.72 bits per heavy atom. The molecule has 0 aliphatic carbocycles. The third-order valence-corrected chi connectivity index (χ3v) is 3.56. The van der Waals surface area contributed by atoms with Gasteiger partial charge in [-0.3, -0.25) is 0 Å². The molecule has 0 amide bonds. The first-order chi connectivity index (χ1) is 8.84. The van der Waals surface area contributed by atoms with Gasteiger partial charge in [0.05, 0.1) is 6.10 Å². The van der Waals surface area contributed by atoms with Gasteiger partial charge in [-0.05, 0) is 23.6 Å². The van der Waals surface area contributed by atoms with Gasteiger partial charge in [0.2, 0.25) is 0 Å². The summed E-state index contributed by atoms with van der Waals surface area (Å²) in [6, 6.07) is 18.3. The van der Waals surface area contributed by atoms with Crippen LogP contribution in [-0.4, -0.2) is 18.2 Å². The summed E-state index contributed by atoms with van der Waals surface area (Å²) in [5.41, 5.74) is 3.65. The molecule has 0 fully saturated rings. The van der Waals surface area contributed by atoms with Gasteiger partial charge >= 0.3 is 0 Å². The number of anilines is 1. The number of para-hydroxylation sites is 1. The number of aliphatic hydroxyl groups is 1. The van der Waals surface area contributed by atoms with Crippen molar-refractivity contribution in [1.82, 2.24) is 0 Å². The summed E-state index contributed by atoms with van der Waals surface area (Å²) in [5.74, 6) is 0. The van der Waals surface area contributed by atoms with Gasteiger partial charge in [-0.2, -0.15) is 0 Å². The Morgan fingerprint density at radius 3 is 2.56 bits per heavy atom. The third-order valence-electron chi connectivity index (χ3n) is 3.56. The topological polar surface area (TPSA) is 23.5 Å². The van der Waals surface area contributed by atoms with Gasteiger partial charge in [0.25, 0.3) is 0 Å². The molecule has 0 aromatic heterocycles. The Hall–Kier alpha value is -1.80. The Kier molecular flexibility index (Phi) is 3.03. The van der Waals surface area contributed by atoms with E-state index in [9.17, 15) is 5.11 Å². The standard InChI is InChI=1S/C16H17NO/c18-16(14-7-2-1-3-8-14)12-17-11-10-13-6-4-5-9-15(13)17/h1-9,16,18H,10-12H2. The maximum Gasteiger partial charge on any atom is 0.0964 e. The molecule has 0 saturated heterocycles. The van der Waals surface area contributed by atoms with E-state index in [4.69, 9.17) is 0 Å². The normalized spacial score (nSPS) is 15.5. The van der Waals surface area contributed by atoms with Gasteiger partial charge < -0.3 is 10.0 Å². The second-order valence-electron chi connectivity index (χ2n) is 4.75. The largest absolute Gasteiger partial charge is 0.387 e. The van der Waals surface area contributed by atoms with Crippen molar-refractivity contribution in [2.24, 2.45) is 0 Å². The van der Waals surface area contributed by atoms with Gasteiger partial charge in [0.1, 0.15) is 0 Å². The highest BCUT2D eigenvalue weighted by molar-refractivity contribution is 5.57. The number of rotatable bonds is 3. The van der Waals surface area contributed by atoms with Crippen molar-refractivity contribution >= 4 is 5.69 Å². The van der Waals surface area contributed by atoms with E-state index in [1.807, 2.05) is 30.3 Å². The second-order valence-corrected chi connectivity index (χ2v) is 4.75. The molecular formula is C16H17NO. The highest BCUT2D eigenvalue weighted by Crippen LogP contribution is 2.29. The Bertz CT molecular complexity index is 524. The lowest BCUT2D eigenvalue weighted by molar-refractivity contribution is 0.184. The van der Waals surface area contributed by atoms with E-state index in [1.54, 1.807) is 0 Å². The lowest BCUT2D eigenvalue weighted by Gasteiger charge is -2.23. The van der Waals surface area contributed by atoms with E-state index < -0.39 is 6.10 Å². The van der Waals surface area contributed by atoms with Crippen molar-refractivity contribution in [2.75, 3.05) is 18.0 Å². The zero-order valence-corrected chi connectivity index (χ0v) is 10.3. The van der Waals surface area contributed by atoms with Gasteiger partial charge in [-0.15, -0.1) is 0 Å². The van der Waals surface area contributed by atoms with Crippen LogP contribution in [0.2, 0.25) is 0 Å². The lowest BCUT2D eigenvalue weighted by Crippen LogP contribution is -2.26. The zero-order valence-electron chi connectivity index (χ0n) is 10.3. The highest BCUT2D eigenvalue weighted by atomic mass is 16.3. The summed E-state index contributed by atoms with van der Waals surface area (Å²) in [5, 5.41) is 10.3. The van der Waals surface area contributed by atoms with Crippen molar-refractivity contribution in [3.63, 3.8) is 0 Å². The molecule has 0 radical (unpaired) electrons. The summed E-state index contributed by atoms with van der Waals surface area (Å²) >= 11 is 0. The monoisotopic (exact) mass is 239 g/mol. The fourth-order valence-electron chi connectivity index (χ4n) is 2.59. The van der Waals surface area contributed by atoms with Crippen LogP contribution in [0.15, 0.2) is 54.6 Å². The molecule has 0 saturated carbocycles. The maximum absolute atomic E-state index is 10.3. The molecule has 2 aromatic carbocycles. The lowest BCUT2D eigenvalue weighted by atomic mass is 10.1. The molecule has 2 heteroatoms. The van der Waals surface area contributed by atoms with Crippen LogP contribution in [0.1, 0.15) is 17.2 Å². The molecule has 1 N–H and O–H groups in total. The molecule has 1 aliphatic rings. The summed E-state index contributed by atoms with van der Waals surface area (Å²) in [6.45, 7) is 1.67. The van der Waals surface area contributed by atoms with Gasteiger partial charge in [0, 0.05) is 18.8 Å². The summed E-state index contributed by atoms with van der Waals surface area (Å²) in [6.07, 6.45) is 0.662. The molecule has 18 heavy (non-hydrogen) atoms. The summed E-state index contributed by atoms with van der Waals surface area (Å²) in [7, 11) is 0. The fraction of sp³-hybridized carbons (Fsp3) is 0.250. The summed E-state index contributed by atoms with van der Waals surface area (Å²) < 4.78 is 0. The Labute approximate surface area is 107 Å². The van der Waals surface area contributed by atoms with Crippen LogP contribution in [0.4, 0.5) is 5.69 Å². The molecule has 92 valence electrons. The highest BCUT2D eigenvalue weighted by Gasteiger charge is 2.21. The minimum atomic E-state index is -0.419. The van der Waals surface area contributed by atoms with Gasteiger partial charge in [-0.25, -0.2) is 0 Å². The Morgan fingerprint density at radius 1 is 1.00 bits per heavy atom. The van der Waals surface area contributed by atoms with Crippen LogP contribution in [-0.2, 0) is 6.42 Å². The van der Waals surface area contributed by atoms with Crippen LogP contribution in [0.3, 0.4) is 0 Å². The minimum Gasteiger partial charge on any atom is -0.387 e. The predicted octanol–water partition coefficient (Wildman–Crippen LogP) is 2.78. The van der Waals surface area contributed by atoms with Crippen LogP contribution >= 0.6 is 0 Å². The second kappa shape index (κ2) is 4.83. The quantitative estimate of drug-likeness (QED) is 0.890. The van der Waals surface area contributed by atoms with Crippen LogP contribution < -0.4 is 4.90 Å². The zero-order chi connectivity index (χ0) is 12.4. The molecule has 1 aliphatic heterocycles. The number of β-amino-alcohol motifs (C(OH)–C–C–N with tert-alkyl or cyclic N) is 1. The van der Waals surface area contributed by atoms with Gasteiger partial charge in [0.15, 0.2) is 0 Å². The van der Waals surface area contributed by atoms with Crippen molar-refractivity contribution in [3.8, 4) is 0 Å². The fourth-order valence-corrected chi connectivity index (χ4v) is 2.59. The van der Waals surface area contributed by atoms with Crippen LogP contribution in [0.5, 0.6) is 0 Å². The van der Waals surface area contributed by atoms with E-state index in [0.29, 0.717) is 6.54 Å². The van der Waals surface area contributed by atoms with Crippen molar-refractivity contribution in [1.29, 1.82) is 0 Å². The molecule has 1 unspecified atom stereocenters. The van der Waals surface area contributed by atoms with Crippen molar-refractivity contribution < 1.29 is 5.11 Å². The smallest absolute Gasteiger partial charge is 0.0964 e. The van der Waals surface area contributed by atoms with E-state index >= 15 is 0 Å². The molecule has 1 atom stereocenters. The van der Waals surface area contributed by atoms with Crippen molar-refractivity contribution in [2.45, 2.75) is 12.5 Å². The van der Waals surface area contributed by atoms with Crippen LogP contribution in [0, 0.1) is 0 Å². The Balaban J connectivity index is 1.75. The minimum absolute atomic E-state index is 0.419. The molecule has 0 bridgehead atoms. The molecule has 0 spiro atoms. The molecule has 2 aromatic rings. The summed E-state index contributed by atoms with van der Waals surface area (Å²) in [4.78, 5) is 2.27. The van der Waals surface area contributed by atoms with E-state index in [2.05, 4.69) is 29.2 Å². The van der Waals surface area contributed by atoms with E-state index in [1.165, 1.54) is 11.3 Å². The number of nitrogens with zero attached hydrogens (tertiary/aromatic N) is 1. The molecule has 3 rings (SSSR count). The van der Waals surface area contributed by atoms with Crippen LogP contribution in [0.25, 0.3) is 0 Å². The first-order valence-corrected chi connectivity index (χ1v) is 6.40. The maximum atomic E-state index is 10.3. The van der Waals surface area contributed by atoms with E-state index in [-0.39, 0.29) is 0 Å². The number of aliphatic hydroxyl groups excluding tert-OH is 1. The first-order valence-electron chi connectivity index (χ1n) is 6.40.